The van der Waals surface area contributed by atoms with Gasteiger partial charge in [-0.25, -0.2) is 0 Å². The number of aliphatic hydroxyl groups excluding tert-OH is 1. The molecule has 0 amide bonds. The molecule has 1 aromatic carbocycles. The largest absolute Gasteiger partial charge is 0.394 e. The lowest BCUT2D eigenvalue weighted by atomic mass is 9.72. The van der Waals surface area contributed by atoms with E-state index in [0.29, 0.717) is 11.8 Å². The van der Waals surface area contributed by atoms with E-state index < -0.39 is 0 Å². The van der Waals surface area contributed by atoms with Gasteiger partial charge in [0.05, 0.1) is 12.1 Å². The molecule has 2 atom stereocenters. The van der Waals surface area contributed by atoms with Crippen molar-refractivity contribution in [2.45, 2.75) is 45.1 Å². The van der Waals surface area contributed by atoms with Crippen molar-refractivity contribution in [2.75, 3.05) is 13.2 Å². The number of rotatable bonds is 4. The Hall–Kier alpha value is -0.860. The van der Waals surface area contributed by atoms with Gasteiger partial charge in [0.1, 0.15) is 0 Å². The van der Waals surface area contributed by atoms with Gasteiger partial charge in [0, 0.05) is 0 Å². The van der Waals surface area contributed by atoms with Gasteiger partial charge >= 0.3 is 0 Å². The van der Waals surface area contributed by atoms with Crippen LogP contribution < -0.4 is 5.32 Å². The van der Waals surface area contributed by atoms with E-state index in [1.165, 1.54) is 11.1 Å². The maximum absolute atomic E-state index is 9.92. The lowest BCUT2D eigenvalue weighted by Crippen LogP contribution is -2.49. The molecule has 0 fully saturated rings. The van der Waals surface area contributed by atoms with E-state index in [-0.39, 0.29) is 12.1 Å². The van der Waals surface area contributed by atoms with E-state index in [1.54, 1.807) is 0 Å². The van der Waals surface area contributed by atoms with E-state index in [4.69, 9.17) is 0 Å². The molecule has 1 aromatic rings. The zero-order chi connectivity index (χ0) is 13.2. The van der Waals surface area contributed by atoms with E-state index in [2.05, 4.69) is 50.4 Å². The van der Waals surface area contributed by atoms with Gasteiger partial charge in [0.2, 0.25) is 0 Å². The first-order valence-corrected chi connectivity index (χ1v) is 7.04. The Morgan fingerprint density at radius 3 is 2.78 bits per heavy atom. The van der Waals surface area contributed by atoms with Crippen LogP contribution in [0, 0.1) is 5.92 Å². The van der Waals surface area contributed by atoms with Crippen LogP contribution in [0.2, 0.25) is 0 Å². The molecule has 18 heavy (non-hydrogen) atoms. The molecular weight excluding hydrogens is 222 g/mol. The minimum absolute atomic E-state index is 0.184. The number of hydrogen-bond acceptors (Lipinski definition) is 2. The maximum Gasteiger partial charge on any atom is 0.0672 e. The molecule has 0 aliphatic heterocycles. The maximum atomic E-state index is 9.92. The fourth-order valence-electron chi connectivity index (χ4n) is 2.92. The summed E-state index contributed by atoms with van der Waals surface area (Å²) in [7, 11) is 0. The molecule has 0 saturated carbocycles. The third-order valence-corrected chi connectivity index (χ3v) is 4.13. The third-order valence-electron chi connectivity index (χ3n) is 4.13. The number of hydrogen-bond donors (Lipinski definition) is 2. The van der Waals surface area contributed by atoms with Crippen molar-refractivity contribution in [1.29, 1.82) is 0 Å². The van der Waals surface area contributed by atoms with Crippen LogP contribution in [0.15, 0.2) is 24.3 Å². The molecule has 2 unspecified atom stereocenters. The Kier molecular flexibility index (Phi) is 4.08. The Bertz CT molecular complexity index is 402. The average Bonchev–Trinajstić information content (AvgIpc) is 2.39. The lowest BCUT2D eigenvalue weighted by Gasteiger charge is -2.41. The summed E-state index contributed by atoms with van der Waals surface area (Å²) < 4.78 is 0. The van der Waals surface area contributed by atoms with Crippen LogP contribution in [0.1, 0.15) is 50.7 Å². The molecule has 0 spiro atoms. The number of benzene rings is 1. The van der Waals surface area contributed by atoms with Gasteiger partial charge in [-0.3, -0.25) is 0 Å². The summed E-state index contributed by atoms with van der Waals surface area (Å²) in [6.07, 6.45) is 2.16. The Morgan fingerprint density at radius 2 is 2.11 bits per heavy atom. The molecule has 2 heteroatoms. The molecule has 1 aliphatic carbocycles. The second kappa shape index (κ2) is 5.41. The Morgan fingerprint density at radius 1 is 1.39 bits per heavy atom. The number of nitrogens with one attached hydrogen (secondary N) is 1. The summed E-state index contributed by atoms with van der Waals surface area (Å²) in [5.41, 5.74) is 2.47. The molecule has 0 saturated heterocycles. The molecule has 100 valence electrons. The number of aliphatic hydroxyl groups is 1. The summed E-state index contributed by atoms with van der Waals surface area (Å²) in [6.45, 7) is 7.82. The first-order chi connectivity index (χ1) is 8.59. The Balaban J connectivity index is 2.34. The average molecular weight is 247 g/mol. The second-order valence-corrected chi connectivity index (χ2v) is 6.04. The highest BCUT2D eigenvalue weighted by Gasteiger charge is 2.37. The van der Waals surface area contributed by atoms with Crippen molar-refractivity contribution in [3.05, 3.63) is 35.4 Å². The summed E-state index contributed by atoms with van der Waals surface area (Å²) in [4.78, 5) is 0. The van der Waals surface area contributed by atoms with Crippen LogP contribution in [0.5, 0.6) is 0 Å². The van der Waals surface area contributed by atoms with Gasteiger partial charge in [0.15, 0.2) is 0 Å². The first kappa shape index (κ1) is 13.6. The highest BCUT2D eigenvalue weighted by molar-refractivity contribution is 5.38. The monoisotopic (exact) mass is 247 g/mol. The molecule has 1 aliphatic rings. The minimum atomic E-state index is -0.229. The fourth-order valence-corrected chi connectivity index (χ4v) is 2.92. The smallest absolute Gasteiger partial charge is 0.0672 e. The summed E-state index contributed by atoms with van der Waals surface area (Å²) in [5.74, 6) is 1.20. The van der Waals surface area contributed by atoms with Gasteiger partial charge < -0.3 is 10.4 Å². The normalized spacial score (nSPS) is 27.3. The van der Waals surface area contributed by atoms with Gasteiger partial charge in [0.25, 0.3) is 0 Å². The van der Waals surface area contributed by atoms with Crippen LogP contribution in [0.4, 0.5) is 0 Å². The van der Waals surface area contributed by atoms with E-state index >= 15 is 0 Å². The van der Waals surface area contributed by atoms with Crippen molar-refractivity contribution in [1.82, 2.24) is 5.32 Å². The van der Waals surface area contributed by atoms with Gasteiger partial charge in [-0.2, -0.15) is 0 Å². The number of fused-ring (bicyclic) bond motifs is 1. The molecule has 2 N–H and O–H groups in total. The molecule has 2 rings (SSSR count). The van der Waals surface area contributed by atoms with Crippen molar-refractivity contribution in [3.8, 4) is 0 Å². The van der Waals surface area contributed by atoms with Crippen LogP contribution in [-0.2, 0) is 5.54 Å². The molecule has 0 bridgehead atoms. The highest BCUT2D eigenvalue weighted by Crippen LogP contribution is 2.40. The van der Waals surface area contributed by atoms with Crippen molar-refractivity contribution in [2.24, 2.45) is 5.92 Å². The van der Waals surface area contributed by atoms with Crippen LogP contribution in [0.3, 0.4) is 0 Å². The summed E-state index contributed by atoms with van der Waals surface area (Å²) in [5, 5.41) is 13.5. The summed E-state index contributed by atoms with van der Waals surface area (Å²) in [6, 6.07) is 8.57. The van der Waals surface area contributed by atoms with Gasteiger partial charge in [-0.15, -0.1) is 0 Å². The zero-order valence-corrected chi connectivity index (χ0v) is 11.7. The predicted octanol–water partition coefficient (Wildman–Crippen LogP) is 3.02. The quantitative estimate of drug-likeness (QED) is 0.857. The molecule has 0 radical (unpaired) electrons. The Labute approximate surface area is 110 Å². The topological polar surface area (TPSA) is 32.3 Å². The zero-order valence-electron chi connectivity index (χ0n) is 11.7. The predicted molar refractivity (Wildman–Crippen MR) is 75.7 cm³/mol. The third kappa shape index (κ3) is 2.45. The van der Waals surface area contributed by atoms with Crippen molar-refractivity contribution < 1.29 is 5.11 Å². The van der Waals surface area contributed by atoms with Crippen LogP contribution in [-0.4, -0.2) is 18.3 Å². The lowest BCUT2D eigenvalue weighted by molar-refractivity contribution is 0.134. The fraction of sp³-hybridized carbons (Fsp3) is 0.625. The van der Waals surface area contributed by atoms with Crippen LogP contribution >= 0.6 is 0 Å². The molecular formula is C16H25NO. The van der Waals surface area contributed by atoms with E-state index in [1.807, 2.05) is 0 Å². The summed E-state index contributed by atoms with van der Waals surface area (Å²) >= 11 is 0. The van der Waals surface area contributed by atoms with Crippen molar-refractivity contribution >= 4 is 0 Å². The first-order valence-electron chi connectivity index (χ1n) is 7.04. The second-order valence-electron chi connectivity index (χ2n) is 6.04. The standard InChI is InChI=1S/C16H25NO/c1-12(2)10-17-16(11-18)9-8-13(3)14-6-4-5-7-15(14)16/h4-7,12-13,17-18H,8-11H2,1-3H3. The van der Waals surface area contributed by atoms with Gasteiger partial charge in [-0.1, -0.05) is 45.0 Å². The highest BCUT2D eigenvalue weighted by atomic mass is 16.3. The minimum Gasteiger partial charge on any atom is -0.394 e. The molecule has 0 heterocycles. The van der Waals surface area contributed by atoms with E-state index in [0.717, 1.165) is 19.4 Å². The van der Waals surface area contributed by atoms with Crippen molar-refractivity contribution in [3.63, 3.8) is 0 Å². The van der Waals surface area contributed by atoms with E-state index in [9.17, 15) is 5.11 Å². The molecule has 0 aromatic heterocycles. The van der Waals surface area contributed by atoms with Crippen LogP contribution in [0.25, 0.3) is 0 Å². The molecule has 2 nitrogen and oxygen atoms in total. The SMILES string of the molecule is CC(C)CNC1(CO)CCC(C)c2ccccc21. The van der Waals surface area contributed by atoms with Gasteiger partial charge in [-0.05, 0) is 42.3 Å².